The average molecular weight is 267 g/mol. The van der Waals surface area contributed by atoms with Gasteiger partial charge >= 0.3 is 0 Å². The summed E-state index contributed by atoms with van der Waals surface area (Å²) < 4.78 is 5.81. The minimum atomic E-state index is -0.0367. The zero-order chi connectivity index (χ0) is 13.9. The van der Waals surface area contributed by atoms with Gasteiger partial charge in [0.2, 0.25) is 0 Å². The van der Waals surface area contributed by atoms with Crippen LogP contribution in [0.4, 0.5) is 0 Å². The van der Waals surface area contributed by atoms with Gasteiger partial charge in [0.25, 0.3) is 0 Å². The summed E-state index contributed by atoms with van der Waals surface area (Å²) in [5.74, 6) is 1.46. The normalized spacial score (nSPS) is 13.7. The van der Waals surface area contributed by atoms with E-state index in [1.165, 1.54) is 37.3 Å². The molecule has 1 heterocycles. The van der Waals surface area contributed by atoms with Crippen molar-refractivity contribution in [3.63, 3.8) is 0 Å². The lowest BCUT2D eigenvalue weighted by Gasteiger charge is -2.16. The van der Waals surface area contributed by atoms with Crippen LogP contribution in [-0.4, -0.2) is 10.8 Å². The minimum absolute atomic E-state index is 0.0367. The molecule has 3 rings (SSSR count). The molecule has 0 spiro atoms. The Morgan fingerprint density at radius 1 is 1.05 bits per heavy atom. The first-order chi connectivity index (χ1) is 9.72. The lowest BCUT2D eigenvalue weighted by Crippen LogP contribution is -2.02. The summed E-state index contributed by atoms with van der Waals surface area (Å²) in [4.78, 5) is 15.3. The minimum Gasteiger partial charge on any atom is -0.456 e. The third-order valence-corrected chi connectivity index (χ3v) is 3.65. The first-order valence-corrected chi connectivity index (χ1v) is 6.99. The first-order valence-electron chi connectivity index (χ1n) is 6.99. The van der Waals surface area contributed by atoms with Gasteiger partial charge in [-0.1, -0.05) is 6.07 Å². The largest absolute Gasteiger partial charge is 0.456 e. The van der Waals surface area contributed by atoms with Crippen molar-refractivity contribution in [2.24, 2.45) is 0 Å². The van der Waals surface area contributed by atoms with Crippen LogP contribution in [0, 0.1) is 0 Å². The highest BCUT2D eigenvalue weighted by Crippen LogP contribution is 2.28. The Hall–Kier alpha value is -2.16. The van der Waals surface area contributed by atoms with Gasteiger partial charge in [-0.3, -0.25) is 4.79 Å². The Bertz CT molecular complexity index is 632. The highest BCUT2D eigenvalue weighted by atomic mass is 16.5. The number of fused-ring (bicyclic) bond motifs is 1. The lowest BCUT2D eigenvalue weighted by atomic mass is 9.92. The van der Waals surface area contributed by atoms with Crippen molar-refractivity contribution in [3.8, 4) is 11.5 Å². The highest BCUT2D eigenvalue weighted by molar-refractivity contribution is 5.92. The smallest absolute Gasteiger partial charge is 0.178 e. The second-order valence-corrected chi connectivity index (χ2v) is 5.18. The van der Waals surface area contributed by atoms with E-state index in [-0.39, 0.29) is 5.78 Å². The third kappa shape index (κ3) is 2.72. The molecular formula is C17H17NO2. The van der Waals surface area contributed by atoms with Gasteiger partial charge in [-0.25, -0.2) is 4.98 Å². The number of aromatic nitrogens is 1. The molecule has 0 unspecified atom stereocenters. The van der Waals surface area contributed by atoms with Gasteiger partial charge in [-0.2, -0.15) is 0 Å². The number of nitrogens with zero attached hydrogens (tertiary/aromatic N) is 1. The van der Waals surface area contributed by atoms with Crippen molar-refractivity contribution in [2.45, 2.75) is 32.6 Å². The number of carbonyl (C=O) groups excluding carboxylic acids is 1. The molecule has 0 atom stereocenters. The van der Waals surface area contributed by atoms with Crippen LogP contribution in [0.15, 0.2) is 36.5 Å². The predicted molar refractivity (Wildman–Crippen MR) is 77.4 cm³/mol. The summed E-state index contributed by atoms with van der Waals surface area (Å²) >= 11 is 0. The summed E-state index contributed by atoms with van der Waals surface area (Å²) in [7, 11) is 0. The molecule has 1 aromatic carbocycles. The number of carbonyl (C=O) groups is 1. The molecule has 0 N–H and O–H groups in total. The maximum absolute atomic E-state index is 11.2. The van der Waals surface area contributed by atoms with Crippen LogP contribution in [-0.2, 0) is 12.8 Å². The van der Waals surface area contributed by atoms with Gasteiger partial charge in [0.05, 0.1) is 6.20 Å². The van der Waals surface area contributed by atoms with Crippen LogP contribution in [0.3, 0.4) is 0 Å². The van der Waals surface area contributed by atoms with Gasteiger partial charge < -0.3 is 4.74 Å². The van der Waals surface area contributed by atoms with E-state index in [1.54, 1.807) is 18.3 Å². The van der Waals surface area contributed by atoms with E-state index < -0.39 is 0 Å². The van der Waals surface area contributed by atoms with Gasteiger partial charge in [0.1, 0.15) is 17.2 Å². The van der Waals surface area contributed by atoms with Crippen LogP contribution in [0.5, 0.6) is 11.5 Å². The van der Waals surface area contributed by atoms with Crippen molar-refractivity contribution >= 4 is 5.78 Å². The number of ketones is 1. The molecule has 2 aromatic rings. The Kier molecular flexibility index (Phi) is 3.50. The number of hydrogen-bond donors (Lipinski definition) is 0. The van der Waals surface area contributed by atoms with Crippen molar-refractivity contribution in [3.05, 3.63) is 53.3 Å². The number of benzene rings is 1. The summed E-state index contributed by atoms with van der Waals surface area (Å²) in [5, 5.41) is 0. The molecule has 1 aliphatic rings. The van der Waals surface area contributed by atoms with Crippen LogP contribution in [0.1, 0.15) is 41.4 Å². The fourth-order valence-electron chi connectivity index (χ4n) is 2.56. The maximum atomic E-state index is 11.2. The number of pyridine rings is 1. The fourth-order valence-corrected chi connectivity index (χ4v) is 2.56. The van der Waals surface area contributed by atoms with Crippen molar-refractivity contribution < 1.29 is 9.53 Å². The molecule has 0 saturated heterocycles. The van der Waals surface area contributed by atoms with E-state index in [2.05, 4.69) is 17.1 Å². The molecule has 3 heteroatoms. The maximum Gasteiger partial charge on any atom is 0.178 e. The molecule has 0 fully saturated rings. The molecule has 3 nitrogen and oxygen atoms in total. The van der Waals surface area contributed by atoms with Crippen molar-refractivity contribution in [1.82, 2.24) is 4.98 Å². The number of Topliss-reactive ketones (excluding diaryl/α,β-unsaturated/α-hetero) is 1. The van der Waals surface area contributed by atoms with Crippen molar-refractivity contribution in [2.75, 3.05) is 0 Å². The van der Waals surface area contributed by atoms with Gasteiger partial charge in [-0.15, -0.1) is 0 Å². The number of rotatable bonds is 3. The lowest BCUT2D eigenvalue weighted by molar-refractivity contribution is 0.101. The fraction of sp³-hybridized carbons (Fsp3) is 0.294. The van der Waals surface area contributed by atoms with Crippen molar-refractivity contribution in [1.29, 1.82) is 0 Å². The van der Waals surface area contributed by atoms with Crippen LogP contribution < -0.4 is 4.74 Å². The average Bonchev–Trinajstić information content (AvgIpc) is 2.48. The molecule has 1 aromatic heterocycles. The molecular weight excluding hydrogens is 250 g/mol. The SMILES string of the molecule is CC(=O)c1ccc(Oc2ccc3c(c2)CCCC3)cn1. The zero-order valence-corrected chi connectivity index (χ0v) is 11.6. The van der Waals surface area contributed by atoms with Crippen LogP contribution in [0.25, 0.3) is 0 Å². The van der Waals surface area contributed by atoms with Crippen LogP contribution >= 0.6 is 0 Å². The Morgan fingerprint density at radius 2 is 1.80 bits per heavy atom. The van der Waals surface area contributed by atoms with Gasteiger partial charge in [-0.05, 0) is 61.1 Å². The monoisotopic (exact) mass is 267 g/mol. The number of ether oxygens (including phenoxy) is 1. The summed E-state index contributed by atoms with van der Waals surface area (Å²) in [6.07, 6.45) is 6.43. The molecule has 0 radical (unpaired) electrons. The predicted octanol–water partition coefficient (Wildman–Crippen LogP) is 3.96. The second-order valence-electron chi connectivity index (χ2n) is 5.18. The standard InChI is InChI=1S/C17H17NO2/c1-12(19)17-9-8-16(11-18-17)20-15-7-6-13-4-2-3-5-14(13)10-15/h6-11H,2-5H2,1H3. The molecule has 0 saturated carbocycles. The quantitative estimate of drug-likeness (QED) is 0.790. The van der Waals surface area contributed by atoms with Gasteiger partial charge in [0.15, 0.2) is 5.78 Å². The molecule has 102 valence electrons. The molecule has 0 bridgehead atoms. The van der Waals surface area contributed by atoms with E-state index in [0.29, 0.717) is 11.4 Å². The van der Waals surface area contributed by atoms with Gasteiger partial charge in [0, 0.05) is 6.92 Å². The Labute approximate surface area is 118 Å². The zero-order valence-electron chi connectivity index (χ0n) is 11.6. The molecule has 0 aliphatic heterocycles. The summed E-state index contributed by atoms with van der Waals surface area (Å²) in [6.45, 7) is 1.51. The molecule has 20 heavy (non-hydrogen) atoms. The summed E-state index contributed by atoms with van der Waals surface area (Å²) in [5.41, 5.74) is 3.29. The molecule has 1 aliphatic carbocycles. The first kappa shape index (κ1) is 12.9. The Morgan fingerprint density at radius 3 is 2.50 bits per heavy atom. The second kappa shape index (κ2) is 5.45. The van der Waals surface area contributed by atoms with Crippen LogP contribution in [0.2, 0.25) is 0 Å². The highest BCUT2D eigenvalue weighted by Gasteiger charge is 2.10. The van der Waals surface area contributed by atoms with E-state index in [9.17, 15) is 4.79 Å². The topological polar surface area (TPSA) is 39.2 Å². The van der Waals surface area contributed by atoms with E-state index in [0.717, 1.165) is 12.2 Å². The molecule has 0 amide bonds. The number of aryl methyl sites for hydroxylation is 2. The van der Waals surface area contributed by atoms with E-state index in [1.807, 2.05) is 6.07 Å². The summed E-state index contributed by atoms with van der Waals surface area (Å²) in [6, 6.07) is 9.75. The Balaban J connectivity index is 1.78. The third-order valence-electron chi connectivity index (χ3n) is 3.65. The van der Waals surface area contributed by atoms with E-state index in [4.69, 9.17) is 4.74 Å². The number of hydrogen-bond acceptors (Lipinski definition) is 3. The van der Waals surface area contributed by atoms with E-state index >= 15 is 0 Å².